The zero-order chi connectivity index (χ0) is 12.9. The molecule has 0 spiro atoms. The van der Waals surface area contributed by atoms with Crippen molar-refractivity contribution in [3.05, 3.63) is 34.9 Å². The Labute approximate surface area is 105 Å². The van der Waals surface area contributed by atoms with Crippen LogP contribution in [0.3, 0.4) is 0 Å². The number of benzene rings is 1. The number of rotatable bonds is 6. The molecule has 3 N–H and O–H groups in total. The van der Waals surface area contributed by atoms with E-state index in [1.165, 1.54) is 7.11 Å². The fourth-order valence-corrected chi connectivity index (χ4v) is 1.75. The standard InChI is InChI=1S/C12H16ClNO3/c1-17-8-12(16,7-15)11(14)6-9-4-2-3-5-10(9)13/h2-5,7,11,16H,6,8,14H2,1H3. The second-order valence-electron chi connectivity index (χ2n) is 3.94. The number of ether oxygens (including phenoxy) is 1. The normalized spacial score (nSPS) is 16.2. The van der Waals surface area contributed by atoms with Gasteiger partial charge in [-0.15, -0.1) is 0 Å². The van der Waals surface area contributed by atoms with E-state index >= 15 is 0 Å². The van der Waals surface area contributed by atoms with Gasteiger partial charge >= 0.3 is 0 Å². The van der Waals surface area contributed by atoms with E-state index in [0.29, 0.717) is 17.7 Å². The molecule has 0 aliphatic rings. The van der Waals surface area contributed by atoms with Crippen LogP contribution < -0.4 is 5.73 Å². The average molecular weight is 258 g/mol. The number of nitrogens with two attached hydrogens (primary N) is 1. The lowest BCUT2D eigenvalue weighted by Gasteiger charge is -2.28. The summed E-state index contributed by atoms with van der Waals surface area (Å²) < 4.78 is 4.79. The van der Waals surface area contributed by atoms with Crippen LogP contribution in [-0.2, 0) is 16.0 Å². The number of aliphatic hydroxyl groups is 1. The van der Waals surface area contributed by atoms with Gasteiger partial charge in [0.2, 0.25) is 0 Å². The molecule has 4 nitrogen and oxygen atoms in total. The highest BCUT2D eigenvalue weighted by molar-refractivity contribution is 6.31. The fourth-order valence-electron chi connectivity index (χ4n) is 1.54. The summed E-state index contributed by atoms with van der Waals surface area (Å²) in [4.78, 5) is 10.9. The summed E-state index contributed by atoms with van der Waals surface area (Å²) in [5.41, 5.74) is 4.93. The van der Waals surface area contributed by atoms with E-state index in [4.69, 9.17) is 22.1 Å². The minimum atomic E-state index is -1.69. The molecule has 1 rings (SSSR count). The van der Waals surface area contributed by atoms with Crippen LogP contribution in [0.25, 0.3) is 0 Å². The Balaban J connectivity index is 2.81. The van der Waals surface area contributed by atoms with Crippen molar-refractivity contribution in [3.8, 4) is 0 Å². The van der Waals surface area contributed by atoms with Gasteiger partial charge in [-0.3, -0.25) is 4.79 Å². The summed E-state index contributed by atoms with van der Waals surface area (Å²) in [7, 11) is 1.40. The number of halogens is 1. The van der Waals surface area contributed by atoms with Gasteiger partial charge in [-0.1, -0.05) is 29.8 Å². The molecule has 1 aromatic rings. The minimum Gasteiger partial charge on any atom is -0.381 e. The summed E-state index contributed by atoms with van der Waals surface area (Å²) in [5.74, 6) is 0. The SMILES string of the molecule is COCC(O)(C=O)C(N)Cc1ccccc1Cl. The third-order valence-corrected chi connectivity index (χ3v) is 2.99. The smallest absolute Gasteiger partial charge is 0.158 e. The molecular weight excluding hydrogens is 242 g/mol. The van der Waals surface area contributed by atoms with E-state index in [1.807, 2.05) is 6.07 Å². The molecule has 0 fully saturated rings. The van der Waals surface area contributed by atoms with Crippen molar-refractivity contribution in [2.75, 3.05) is 13.7 Å². The Morgan fingerprint density at radius 1 is 1.59 bits per heavy atom. The molecule has 0 saturated carbocycles. The highest BCUT2D eigenvalue weighted by atomic mass is 35.5. The monoisotopic (exact) mass is 257 g/mol. The molecule has 1 aromatic carbocycles. The molecule has 0 bridgehead atoms. The van der Waals surface area contributed by atoms with E-state index in [-0.39, 0.29) is 6.61 Å². The van der Waals surface area contributed by atoms with Gasteiger partial charge in [0.1, 0.15) is 0 Å². The largest absolute Gasteiger partial charge is 0.381 e. The molecule has 0 aliphatic heterocycles. The van der Waals surface area contributed by atoms with Gasteiger partial charge in [0, 0.05) is 18.2 Å². The number of methoxy groups -OCH3 is 1. The van der Waals surface area contributed by atoms with Crippen LogP contribution in [0.15, 0.2) is 24.3 Å². The predicted octanol–water partition coefficient (Wildman–Crippen LogP) is 0.786. The Morgan fingerprint density at radius 2 is 2.24 bits per heavy atom. The van der Waals surface area contributed by atoms with Gasteiger partial charge in [-0.2, -0.15) is 0 Å². The highest BCUT2D eigenvalue weighted by Crippen LogP contribution is 2.19. The van der Waals surface area contributed by atoms with Crippen molar-refractivity contribution in [1.29, 1.82) is 0 Å². The zero-order valence-corrected chi connectivity index (χ0v) is 10.4. The molecular formula is C12H16ClNO3. The van der Waals surface area contributed by atoms with Crippen LogP contribution in [-0.4, -0.2) is 36.8 Å². The highest BCUT2D eigenvalue weighted by Gasteiger charge is 2.34. The lowest BCUT2D eigenvalue weighted by Crippen LogP contribution is -2.53. The van der Waals surface area contributed by atoms with Gasteiger partial charge in [0.15, 0.2) is 11.9 Å². The van der Waals surface area contributed by atoms with Crippen molar-refractivity contribution in [2.24, 2.45) is 5.73 Å². The van der Waals surface area contributed by atoms with Crippen LogP contribution >= 0.6 is 11.6 Å². The lowest BCUT2D eigenvalue weighted by atomic mass is 9.91. The maximum absolute atomic E-state index is 10.9. The van der Waals surface area contributed by atoms with Crippen molar-refractivity contribution in [2.45, 2.75) is 18.1 Å². The summed E-state index contributed by atoms with van der Waals surface area (Å²) in [6, 6.07) is 6.41. The lowest BCUT2D eigenvalue weighted by molar-refractivity contribution is -0.132. The molecule has 0 aliphatic carbocycles. The van der Waals surface area contributed by atoms with Crippen molar-refractivity contribution >= 4 is 17.9 Å². The van der Waals surface area contributed by atoms with E-state index < -0.39 is 11.6 Å². The zero-order valence-electron chi connectivity index (χ0n) is 9.60. The number of carbonyl (C=O) groups excluding carboxylic acids is 1. The predicted molar refractivity (Wildman–Crippen MR) is 66.0 cm³/mol. The van der Waals surface area contributed by atoms with E-state index in [9.17, 15) is 9.90 Å². The summed E-state index contributed by atoms with van der Waals surface area (Å²) in [6.45, 7) is -0.137. The molecule has 0 heterocycles. The van der Waals surface area contributed by atoms with Crippen molar-refractivity contribution in [3.63, 3.8) is 0 Å². The Bertz CT molecular complexity index is 386. The number of carbonyl (C=O) groups is 1. The maximum Gasteiger partial charge on any atom is 0.158 e. The van der Waals surface area contributed by atoms with Gasteiger partial charge in [-0.25, -0.2) is 0 Å². The number of aldehydes is 1. The van der Waals surface area contributed by atoms with E-state index in [0.717, 1.165) is 5.56 Å². The molecule has 94 valence electrons. The fraction of sp³-hybridized carbons (Fsp3) is 0.417. The number of hydrogen-bond donors (Lipinski definition) is 2. The molecule has 2 atom stereocenters. The molecule has 0 aromatic heterocycles. The molecule has 0 saturated heterocycles. The van der Waals surface area contributed by atoms with Gasteiger partial charge < -0.3 is 15.6 Å². The first-order chi connectivity index (χ1) is 8.03. The second-order valence-corrected chi connectivity index (χ2v) is 4.35. The summed E-state index contributed by atoms with van der Waals surface area (Å²) >= 11 is 5.98. The van der Waals surface area contributed by atoms with Crippen LogP contribution in [0.4, 0.5) is 0 Å². The molecule has 0 radical (unpaired) electrons. The first kappa shape index (κ1) is 14.1. The molecule has 5 heteroatoms. The van der Waals surface area contributed by atoms with Crippen molar-refractivity contribution in [1.82, 2.24) is 0 Å². The molecule has 0 amide bonds. The molecule has 17 heavy (non-hydrogen) atoms. The molecule has 2 unspecified atom stereocenters. The van der Waals surface area contributed by atoms with Gasteiger partial charge in [0.05, 0.1) is 6.61 Å². The van der Waals surface area contributed by atoms with Gasteiger partial charge in [-0.05, 0) is 18.1 Å². The van der Waals surface area contributed by atoms with Crippen LogP contribution in [0, 0.1) is 0 Å². The maximum atomic E-state index is 10.9. The first-order valence-corrected chi connectivity index (χ1v) is 5.58. The summed E-state index contributed by atoms with van der Waals surface area (Å²) in [5, 5.41) is 10.5. The van der Waals surface area contributed by atoms with E-state index in [1.54, 1.807) is 18.2 Å². The third kappa shape index (κ3) is 3.51. The first-order valence-electron chi connectivity index (χ1n) is 5.20. The van der Waals surface area contributed by atoms with Crippen LogP contribution in [0.1, 0.15) is 5.56 Å². The Morgan fingerprint density at radius 3 is 2.76 bits per heavy atom. The number of hydrogen-bond acceptors (Lipinski definition) is 4. The average Bonchev–Trinajstić information content (AvgIpc) is 2.32. The quantitative estimate of drug-likeness (QED) is 0.739. The second kappa shape index (κ2) is 6.12. The van der Waals surface area contributed by atoms with Gasteiger partial charge in [0.25, 0.3) is 0 Å². The van der Waals surface area contributed by atoms with E-state index in [2.05, 4.69) is 0 Å². The summed E-state index contributed by atoms with van der Waals surface area (Å²) in [6.07, 6.45) is 0.719. The van der Waals surface area contributed by atoms with Crippen LogP contribution in [0.2, 0.25) is 5.02 Å². The minimum absolute atomic E-state index is 0.137. The van der Waals surface area contributed by atoms with Crippen molar-refractivity contribution < 1.29 is 14.6 Å². The Kier molecular flexibility index (Phi) is 5.08. The third-order valence-electron chi connectivity index (χ3n) is 2.62. The topological polar surface area (TPSA) is 72.5 Å². The van der Waals surface area contributed by atoms with Crippen LogP contribution in [0.5, 0.6) is 0 Å². The Hall–Kier alpha value is -0.940.